The molecular formula is C14H18N4O. The molecule has 0 unspecified atom stereocenters. The zero-order valence-electron chi connectivity index (χ0n) is 11.4. The van der Waals surface area contributed by atoms with Gasteiger partial charge in [-0.3, -0.25) is 4.79 Å². The van der Waals surface area contributed by atoms with E-state index in [1.165, 1.54) is 0 Å². The Labute approximate surface area is 112 Å². The maximum absolute atomic E-state index is 12.0. The molecule has 0 spiro atoms. The number of amides is 1. The number of carbonyl (C=O) groups excluding carboxylic acids is 1. The first-order chi connectivity index (χ1) is 9.11. The van der Waals surface area contributed by atoms with Crippen LogP contribution in [0.2, 0.25) is 0 Å². The maximum Gasteiger partial charge on any atom is 0.251 e. The zero-order chi connectivity index (χ0) is 13.8. The van der Waals surface area contributed by atoms with E-state index in [1.807, 2.05) is 50.0 Å². The lowest BCUT2D eigenvalue weighted by Gasteiger charge is -2.09. The number of aromatic nitrogens is 2. The molecule has 19 heavy (non-hydrogen) atoms. The quantitative estimate of drug-likeness (QED) is 0.877. The molecule has 2 N–H and O–H groups in total. The molecule has 100 valence electrons. The molecule has 1 aromatic carbocycles. The van der Waals surface area contributed by atoms with Gasteiger partial charge in [-0.1, -0.05) is 0 Å². The van der Waals surface area contributed by atoms with E-state index in [-0.39, 0.29) is 5.91 Å². The third-order valence-corrected chi connectivity index (χ3v) is 3.09. The minimum atomic E-state index is -0.0891. The second-order valence-corrected chi connectivity index (χ2v) is 4.42. The Morgan fingerprint density at radius 2 is 2.21 bits per heavy atom. The van der Waals surface area contributed by atoms with Crippen molar-refractivity contribution < 1.29 is 4.79 Å². The van der Waals surface area contributed by atoms with Crippen LogP contribution in [0.4, 0.5) is 5.69 Å². The second kappa shape index (κ2) is 5.56. The van der Waals surface area contributed by atoms with Crippen molar-refractivity contribution in [3.63, 3.8) is 0 Å². The fourth-order valence-corrected chi connectivity index (χ4v) is 1.91. The van der Waals surface area contributed by atoms with Crippen LogP contribution in [0.3, 0.4) is 0 Å². The first-order valence-corrected chi connectivity index (χ1v) is 6.14. The molecule has 0 saturated carbocycles. The van der Waals surface area contributed by atoms with Crippen LogP contribution in [0.1, 0.15) is 21.7 Å². The van der Waals surface area contributed by atoms with E-state index < -0.39 is 0 Å². The lowest BCUT2D eigenvalue weighted by atomic mass is 10.1. The van der Waals surface area contributed by atoms with Gasteiger partial charge in [0.15, 0.2) is 0 Å². The van der Waals surface area contributed by atoms with Crippen molar-refractivity contribution in [2.24, 2.45) is 7.05 Å². The summed E-state index contributed by atoms with van der Waals surface area (Å²) < 4.78 is 1.88. The van der Waals surface area contributed by atoms with Crippen molar-refractivity contribution in [1.82, 2.24) is 14.9 Å². The molecule has 1 aromatic heterocycles. The standard InChI is InChI=1S/C14H18N4O/c1-10-8-11(4-5-12(10)15-2)14(19)17-9-13-16-6-7-18(13)3/h4-8,15H,9H2,1-3H3,(H,17,19). The Morgan fingerprint density at radius 1 is 1.42 bits per heavy atom. The highest BCUT2D eigenvalue weighted by Gasteiger charge is 2.08. The summed E-state index contributed by atoms with van der Waals surface area (Å²) in [4.78, 5) is 16.2. The Hall–Kier alpha value is -2.30. The van der Waals surface area contributed by atoms with E-state index in [0.29, 0.717) is 12.1 Å². The third-order valence-electron chi connectivity index (χ3n) is 3.09. The van der Waals surface area contributed by atoms with E-state index in [0.717, 1.165) is 17.1 Å². The molecule has 0 aliphatic heterocycles. The van der Waals surface area contributed by atoms with Gasteiger partial charge in [0, 0.05) is 37.7 Å². The van der Waals surface area contributed by atoms with Gasteiger partial charge in [-0.05, 0) is 30.7 Å². The van der Waals surface area contributed by atoms with Gasteiger partial charge in [0.2, 0.25) is 0 Å². The summed E-state index contributed by atoms with van der Waals surface area (Å²) in [5.74, 6) is 0.741. The molecule has 0 saturated heterocycles. The van der Waals surface area contributed by atoms with Crippen molar-refractivity contribution in [3.8, 4) is 0 Å². The van der Waals surface area contributed by atoms with E-state index in [9.17, 15) is 4.79 Å². The van der Waals surface area contributed by atoms with E-state index in [1.54, 1.807) is 6.20 Å². The first kappa shape index (κ1) is 13.1. The zero-order valence-corrected chi connectivity index (χ0v) is 11.4. The van der Waals surface area contributed by atoms with Crippen LogP contribution >= 0.6 is 0 Å². The summed E-state index contributed by atoms with van der Waals surface area (Å²) in [5.41, 5.74) is 2.73. The van der Waals surface area contributed by atoms with Crippen molar-refractivity contribution in [2.45, 2.75) is 13.5 Å². The highest BCUT2D eigenvalue weighted by molar-refractivity contribution is 5.94. The Morgan fingerprint density at radius 3 is 2.79 bits per heavy atom. The van der Waals surface area contributed by atoms with E-state index >= 15 is 0 Å². The van der Waals surface area contributed by atoms with Crippen LogP contribution in [-0.4, -0.2) is 22.5 Å². The minimum absolute atomic E-state index is 0.0891. The molecule has 2 aromatic rings. The molecule has 5 nitrogen and oxygen atoms in total. The predicted octanol–water partition coefficient (Wildman–Crippen LogP) is 1.70. The molecule has 5 heteroatoms. The summed E-state index contributed by atoms with van der Waals surface area (Å²) in [6.07, 6.45) is 3.57. The molecule has 0 aliphatic carbocycles. The molecule has 0 aliphatic rings. The van der Waals surface area contributed by atoms with Crippen LogP contribution < -0.4 is 10.6 Å². The molecule has 2 rings (SSSR count). The molecular weight excluding hydrogens is 240 g/mol. The predicted molar refractivity (Wildman–Crippen MR) is 75.1 cm³/mol. The number of hydrogen-bond acceptors (Lipinski definition) is 3. The molecule has 0 bridgehead atoms. The maximum atomic E-state index is 12.0. The molecule has 1 heterocycles. The molecule has 0 radical (unpaired) electrons. The topological polar surface area (TPSA) is 59.0 Å². The Bertz CT molecular complexity index is 589. The third kappa shape index (κ3) is 2.93. The molecule has 0 atom stereocenters. The first-order valence-electron chi connectivity index (χ1n) is 6.14. The number of imidazole rings is 1. The number of hydrogen-bond donors (Lipinski definition) is 2. The normalized spacial score (nSPS) is 10.3. The van der Waals surface area contributed by atoms with E-state index in [2.05, 4.69) is 15.6 Å². The van der Waals surface area contributed by atoms with Crippen LogP contribution in [0.5, 0.6) is 0 Å². The number of nitrogens with zero attached hydrogens (tertiary/aromatic N) is 2. The minimum Gasteiger partial charge on any atom is -0.388 e. The number of aryl methyl sites for hydroxylation is 2. The van der Waals surface area contributed by atoms with E-state index in [4.69, 9.17) is 0 Å². The fraction of sp³-hybridized carbons (Fsp3) is 0.286. The lowest BCUT2D eigenvalue weighted by molar-refractivity contribution is 0.0949. The number of benzene rings is 1. The van der Waals surface area contributed by atoms with Crippen LogP contribution in [0.25, 0.3) is 0 Å². The summed E-state index contributed by atoms with van der Waals surface area (Å²) in [6, 6.07) is 5.59. The van der Waals surface area contributed by atoms with Gasteiger partial charge in [0.05, 0.1) is 6.54 Å². The Balaban J connectivity index is 2.04. The van der Waals surface area contributed by atoms with Gasteiger partial charge in [0.25, 0.3) is 5.91 Å². The van der Waals surface area contributed by atoms with Gasteiger partial charge in [-0.15, -0.1) is 0 Å². The molecule has 1 amide bonds. The lowest BCUT2D eigenvalue weighted by Crippen LogP contribution is -2.24. The Kier molecular flexibility index (Phi) is 3.85. The summed E-state index contributed by atoms with van der Waals surface area (Å²) in [5, 5.41) is 5.94. The summed E-state index contributed by atoms with van der Waals surface area (Å²) >= 11 is 0. The molecule has 0 fully saturated rings. The van der Waals surface area contributed by atoms with Crippen molar-refractivity contribution in [3.05, 3.63) is 47.5 Å². The average molecular weight is 258 g/mol. The number of rotatable bonds is 4. The van der Waals surface area contributed by atoms with Gasteiger partial charge in [-0.25, -0.2) is 4.98 Å². The highest BCUT2D eigenvalue weighted by Crippen LogP contribution is 2.15. The number of carbonyl (C=O) groups is 1. The average Bonchev–Trinajstić information content (AvgIpc) is 2.81. The van der Waals surface area contributed by atoms with Crippen molar-refractivity contribution in [1.29, 1.82) is 0 Å². The fourth-order valence-electron chi connectivity index (χ4n) is 1.91. The monoisotopic (exact) mass is 258 g/mol. The van der Waals surface area contributed by atoms with Gasteiger partial charge >= 0.3 is 0 Å². The smallest absolute Gasteiger partial charge is 0.251 e. The summed E-state index contributed by atoms with van der Waals surface area (Å²) in [6.45, 7) is 2.40. The SMILES string of the molecule is CNc1ccc(C(=O)NCc2nccn2C)cc1C. The van der Waals surface area contributed by atoms with Crippen LogP contribution in [-0.2, 0) is 13.6 Å². The highest BCUT2D eigenvalue weighted by atomic mass is 16.1. The van der Waals surface area contributed by atoms with Crippen LogP contribution in [0, 0.1) is 6.92 Å². The number of anilines is 1. The van der Waals surface area contributed by atoms with Crippen molar-refractivity contribution in [2.75, 3.05) is 12.4 Å². The number of nitrogens with one attached hydrogen (secondary N) is 2. The van der Waals surface area contributed by atoms with Gasteiger partial charge in [-0.2, -0.15) is 0 Å². The second-order valence-electron chi connectivity index (χ2n) is 4.42. The van der Waals surface area contributed by atoms with Gasteiger partial charge in [0.1, 0.15) is 5.82 Å². The van der Waals surface area contributed by atoms with Crippen LogP contribution in [0.15, 0.2) is 30.6 Å². The summed E-state index contributed by atoms with van der Waals surface area (Å²) in [7, 11) is 3.77. The van der Waals surface area contributed by atoms with Gasteiger partial charge < -0.3 is 15.2 Å². The van der Waals surface area contributed by atoms with Crippen molar-refractivity contribution >= 4 is 11.6 Å². The largest absolute Gasteiger partial charge is 0.388 e.